The van der Waals surface area contributed by atoms with Crippen LogP contribution < -0.4 is 15.9 Å². The van der Waals surface area contributed by atoms with Gasteiger partial charge in [0.1, 0.15) is 0 Å². The molecule has 0 radical (unpaired) electrons. The molecule has 0 atom stereocenters. The molecule has 1 aliphatic heterocycles. The Hall–Kier alpha value is -4.22. The molecule has 1 N–H and O–H groups in total. The number of anilines is 1. The number of benzene rings is 2. The van der Waals surface area contributed by atoms with Gasteiger partial charge in [-0.25, -0.2) is 9.48 Å². The fourth-order valence-corrected chi connectivity index (χ4v) is 3.72. The summed E-state index contributed by atoms with van der Waals surface area (Å²) in [6, 6.07) is 10.5. The largest absolute Gasteiger partial charge is 0.416 e. The SMILES string of the molecule is Cn1c(-c2cccc(C(F)(F)F)c2)nn(CCNC(=O)c2ccc(N3C(=O)CCC3=O)cc2)c1=O. The smallest absolute Gasteiger partial charge is 0.350 e. The van der Waals surface area contributed by atoms with E-state index in [9.17, 15) is 32.3 Å². The number of hydrogen-bond donors (Lipinski definition) is 1. The minimum Gasteiger partial charge on any atom is -0.350 e. The molecule has 3 aromatic rings. The third-order valence-corrected chi connectivity index (χ3v) is 5.54. The molecule has 1 saturated heterocycles. The standard InChI is InChI=1S/C23H20F3N5O4/c1-29-20(15-3-2-4-16(13-15)23(24,25)26)28-30(22(29)35)12-11-27-21(34)14-5-7-17(8-6-14)31-18(32)9-10-19(31)33/h2-8,13H,9-12H2,1H3,(H,27,34). The molecule has 0 bridgehead atoms. The Morgan fingerprint density at radius 3 is 2.31 bits per heavy atom. The number of nitrogens with zero attached hydrogens (tertiary/aromatic N) is 4. The lowest BCUT2D eigenvalue weighted by molar-refractivity contribution is -0.137. The summed E-state index contributed by atoms with van der Waals surface area (Å²) >= 11 is 0. The predicted molar refractivity (Wildman–Crippen MR) is 118 cm³/mol. The molecule has 2 aromatic carbocycles. The minimum atomic E-state index is -4.53. The molecule has 1 aliphatic rings. The van der Waals surface area contributed by atoms with E-state index in [0.717, 1.165) is 26.3 Å². The van der Waals surface area contributed by atoms with Gasteiger partial charge in [0.05, 0.1) is 17.8 Å². The number of carbonyl (C=O) groups is 3. The average molecular weight is 487 g/mol. The topological polar surface area (TPSA) is 106 Å². The summed E-state index contributed by atoms with van der Waals surface area (Å²) in [7, 11) is 1.40. The van der Waals surface area contributed by atoms with E-state index in [0.29, 0.717) is 5.69 Å². The molecule has 1 fully saturated rings. The molecule has 4 rings (SSSR count). The van der Waals surface area contributed by atoms with Gasteiger partial charge in [0.2, 0.25) is 11.8 Å². The molecule has 0 aliphatic carbocycles. The molecule has 182 valence electrons. The third-order valence-electron chi connectivity index (χ3n) is 5.54. The van der Waals surface area contributed by atoms with Crippen molar-refractivity contribution in [2.75, 3.05) is 11.4 Å². The van der Waals surface area contributed by atoms with Crippen LogP contribution in [0.2, 0.25) is 0 Å². The number of carbonyl (C=O) groups excluding carboxylic acids is 3. The van der Waals surface area contributed by atoms with Crippen LogP contribution in [0.15, 0.2) is 53.3 Å². The Kier molecular flexibility index (Phi) is 6.29. The summed E-state index contributed by atoms with van der Waals surface area (Å²) < 4.78 is 41.3. The molecular weight excluding hydrogens is 467 g/mol. The molecule has 1 aromatic heterocycles. The average Bonchev–Trinajstić information content (AvgIpc) is 3.31. The Balaban J connectivity index is 1.41. The number of hydrogen-bond acceptors (Lipinski definition) is 5. The Morgan fingerprint density at radius 2 is 1.69 bits per heavy atom. The first kappa shape index (κ1) is 23.9. The zero-order chi connectivity index (χ0) is 25.3. The van der Waals surface area contributed by atoms with Crippen LogP contribution in [-0.2, 0) is 29.4 Å². The van der Waals surface area contributed by atoms with E-state index in [-0.39, 0.29) is 54.7 Å². The third kappa shape index (κ3) is 4.86. The van der Waals surface area contributed by atoms with Crippen LogP contribution >= 0.6 is 0 Å². The highest BCUT2D eigenvalue weighted by Crippen LogP contribution is 2.31. The molecule has 9 nitrogen and oxygen atoms in total. The number of alkyl halides is 3. The van der Waals surface area contributed by atoms with Crippen molar-refractivity contribution in [1.29, 1.82) is 0 Å². The maximum absolute atomic E-state index is 13.0. The van der Waals surface area contributed by atoms with Crippen molar-refractivity contribution in [1.82, 2.24) is 19.7 Å². The van der Waals surface area contributed by atoms with Gasteiger partial charge in [0.15, 0.2) is 5.82 Å². The van der Waals surface area contributed by atoms with E-state index in [1.165, 1.54) is 43.4 Å². The van der Waals surface area contributed by atoms with Gasteiger partial charge in [-0.1, -0.05) is 12.1 Å². The van der Waals surface area contributed by atoms with Crippen molar-refractivity contribution in [3.63, 3.8) is 0 Å². The number of rotatable bonds is 6. The highest BCUT2D eigenvalue weighted by molar-refractivity contribution is 6.19. The molecule has 0 unspecified atom stereocenters. The summed E-state index contributed by atoms with van der Waals surface area (Å²) in [6.45, 7) is 0.0227. The second kappa shape index (κ2) is 9.20. The Morgan fingerprint density at radius 1 is 1.03 bits per heavy atom. The molecule has 0 saturated carbocycles. The van der Waals surface area contributed by atoms with Gasteiger partial charge < -0.3 is 5.32 Å². The van der Waals surface area contributed by atoms with Crippen molar-refractivity contribution < 1.29 is 27.6 Å². The maximum atomic E-state index is 13.0. The van der Waals surface area contributed by atoms with Crippen LogP contribution in [0.5, 0.6) is 0 Å². The first-order valence-electron chi connectivity index (χ1n) is 10.6. The number of amides is 3. The second-order valence-corrected chi connectivity index (χ2v) is 7.89. The van der Waals surface area contributed by atoms with E-state index in [2.05, 4.69) is 10.4 Å². The fraction of sp³-hybridized carbons (Fsp3) is 0.261. The number of imide groups is 1. The first-order valence-corrected chi connectivity index (χ1v) is 10.6. The van der Waals surface area contributed by atoms with E-state index in [4.69, 9.17) is 0 Å². The number of aromatic nitrogens is 3. The highest BCUT2D eigenvalue weighted by atomic mass is 19.4. The van der Waals surface area contributed by atoms with Gasteiger partial charge in [-0.3, -0.25) is 23.9 Å². The van der Waals surface area contributed by atoms with Gasteiger partial charge in [-0.05, 0) is 36.4 Å². The summed E-state index contributed by atoms with van der Waals surface area (Å²) in [4.78, 5) is 49.6. The zero-order valence-electron chi connectivity index (χ0n) is 18.5. The van der Waals surface area contributed by atoms with Crippen LogP contribution in [0.4, 0.5) is 18.9 Å². The minimum absolute atomic E-state index is 0.00770. The first-order chi connectivity index (χ1) is 16.6. The lowest BCUT2D eigenvalue weighted by atomic mass is 10.1. The van der Waals surface area contributed by atoms with Gasteiger partial charge in [0.25, 0.3) is 5.91 Å². The van der Waals surface area contributed by atoms with Crippen molar-refractivity contribution in [2.45, 2.75) is 25.6 Å². The van der Waals surface area contributed by atoms with E-state index >= 15 is 0 Å². The predicted octanol–water partition coefficient (Wildman–Crippen LogP) is 2.35. The number of halogens is 3. The van der Waals surface area contributed by atoms with Crippen LogP contribution in [0.25, 0.3) is 11.4 Å². The lowest BCUT2D eigenvalue weighted by Crippen LogP contribution is -2.32. The van der Waals surface area contributed by atoms with Gasteiger partial charge in [-0.2, -0.15) is 13.2 Å². The molecule has 12 heteroatoms. The van der Waals surface area contributed by atoms with Gasteiger partial charge >= 0.3 is 11.9 Å². The highest BCUT2D eigenvalue weighted by Gasteiger charge is 2.31. The summed E-state index contributed by atoms with van der Waals surface area (Å²) in [5.41, 5.74) is -0.593. The molecule has 2 heterocycles. The van der Waals surface area contributed by atoms with E-state index in [1.807, 2.05) is 0 Å². The van der Waals surface area contributed by atoms with E-state index < -0.39 is 23.3 Å². The van der Waals surface area contributed by atoms with E-state index in [1.54, 1.807) is 0 Å². The van der Waals surface area contributed by atoms with Crippen LogP contribution in [0.3, 0.4) is 0 Å². The monoisotopic (exact) mass is 487 g/mol. The summed E-state index contributed by atoms with van der Waals surface area (Å²) in [5, 5.41) is 6.76. The molecule has 35 heavy (non-hydrogen) atoms. The lowest BCUT2D eigenvalue weighted by Gasteiger charge is -2.14. The molecular formula is C23H20F3N5O4. The van der Waals surface area contributed by atoms with Crippen molar-refractivity contribution in [2.24, 2.45) is 7.05 Å². The van der Waals surface area contributed by atoms with Crippen LogP contribution in [-0.4, -0.2) is 38.6 Å². The Labute approximate surface area is 196 Å². The quantitative estimate of drug-likeness (QED) is 0.538. The van der Waals surface area contributed by atoms with Crippen LogP contribution in [0.1, 0.15) is 28.8 Å². The van der Waals surface area contributed by atoms with Crippen molar-refractivity contribution >= 4 is 23.4 Å². The molecule has 0 spiro atoms. The Bertz CT molecular complexity index is 1340. The number of nitrogens with one attached hydrogen (secondary N) is 1. The normalized spacial score (nSPS) is 14.0. The van der Waals surface area contributed by atoms with Crippen LogP contribution in [0, 0.1) is 0 Å². The van der Waals surface area contributed by atoms with Crippen molar-refractivity contribution in [3.05, 3.63) is 70.1 Å². The van der Waals surface area contributed by atoms with Crippen molar-refractivity contribution in [3.8, 4) is 11.4 Å². The summed E-state index contributed by atoms with van der Waals surface area (Å²) in [6.07, 6.45) is -4.22. The zero-order valence-corrected chi connectivity index (χ0v) is 18.5. The van der Waals surface area contributed by atoms with Gasteiger partial charge in [0, 0.05) is 37.6 Å². The fourth-order valence-electron chi connectivity index (χ4n) is 3.72. The summed E-state index contributed by atoms with van der Waals surface area (Å²) in [5.74, 6) is -0.971. The van der Waals surface area contributed by atoms with Gasteiger partial charge in [-0.15, -0.1) is 5.10 Å². The maximum Gasteiger partial charge on any atom is 0.416 e. The molecule has 3 amide bonds. The second-order valence-electron chi connectivity index (χ2n) is 7.89.